The molecular formula is C8H7FO3. The van der Waals surface area contributed by atoms with Crippen LogP contribution >= 0.6 is 0 Å². The molecule has 0 aliphatic heterocycles. The molecule has 1 atom stereocenters. The second-order valence-electron chi connectivity index (χ2n) is 2.24. The fourth-order valence-electron chi connectivity index (χ4n) is 0.933. The van der Waals surface area contributed by atoms with Crippen LogP contribution < -0.4 is 0 Å². The van der Waals surface area contributed by atoms with Crippen molar-refractivity contribution in [3.8, 4) is 0 Å². The highest BCUT2D eigenvalue weighted by Crippen LogP contribution is 2.19. The Morgan fingerprint density at radius 3 is 2.75 bits per heavy atom. The number of allylic oxidation sites excluding steroid dienone is 4. The van der Waals surface area contributed by atoms with E-state index < -0.39 is 12.0 Å². The summed E-state index contributed by atoms with van der Waals surface area (Å²) < 4.78 is 17.5. The van der Waals surface area contributed by atoms with Gasteiger partial charge in [0.05, 0.1) is 12.7 Å². The minimum Gasteiger partial charge on any atom is -0.497 e. The summed E-state index contributed by atoms with van der Waals surface area (Å²) in [7, 11) is 1.22. The monoisotopic (exact) mass is 170 g/mol. The zero-order valence-electron chi connectivity index (χ0n) is 6.41. The lowest BCUT2D eigenvalue weighted by molar-refractivity contribution is -0.119. The molecule has 3 nitrogen and oxygen atoms in total. The highest BCUT2D eigenvalue weighted by molar-refractivity contribution is 6.00. The normalized spacial score (nSPS) is 22.8. The van der Waals surface area contributed by atoms with E-state index in [9.17, 15) is 14.0 Å². The molecule has 1 unspecified atom stereocenters. The van der Waals surface area contributed by atoms with Crippen molar-refractivity contribution in [1.29, 1.82) is 0 Å². The summed E-state index contributed by atoms with van der Waals surface area (Å²) in [4.78, 5) is 21.0. The fourth-order valence-corrected chi connectivity index (χ4v) is 0.933. The van der Waals surface area contributed by atoms with E-state index in [1.807, 2.05) is 0 Å². The highest BCUT2D eigenvalue weighted by Gasteiger charge is 2.27. The molecule has 0 saturated carbocycles. The number of hydrogen-bond donors (Lipinski definition) is 0. The standard InChI is InChI=1S/C8H7FO3/c1-12-8-5(4-10)2-3-6(11)7(8)9/h2-4,7H,1H3. The lowest BCUT2D eigenvalue weighted by Crippen LogP contribution is -2.22. The minimum absolute atomic E-state index is 0.0737. The molecule has 0 spiro atoms. The largest absolute Gasteiger partial charge is 0.497 e. The Hall–Kier alpha value is -1.45. The van der Waals surface area contributed by atoms with Gasteiger partial charge >= 0.3 is 0 Å². The molecule has 0 aromatic carbocycles. The molecule has 64 valence electrons. The van der Waals surface area contributed by atoms with Crippen molar-refractivity contribution in [2.24, 2.45) is 0 Å². The minimum atomic E-state index is -1.83. The summed E-state index contributed by atoms with van der Waals surface area (Å²) in [5.74, 6) is -0.907. The van der Waals surface area contributed by atoms with Crippen molar-refractivity contribution < 1.29 is 18.7 Å². The van der Waals surface area contributed by atoms with Crippen molar-refractivity contribution in [3.63, 3.8) is 0 Å². The molecule has 0 aromatic rings. The molecule has 1 aliphatic carbocycles. The van der Waals surface area contributed by atoms with Gasteiger partial charge in [-0.3, -0.25) is 9.59 Å². The number of alkyl halides is 1. The van der Waals surface area contributed by atoms with E-state index in [0.29, 0.717) is 6.29 Å². The highest BCUT2D eigenvalue weighted by atomic mass is 19.1. The number of halogens is 1. The first kappa shape index (κ1) is 8.64. The van der Waals surface area contributed by atoms with E-state index in [1.54, 1.807) is 0 Å². The third kappa shape index (κ3) is 1.28. The van der Waals surface area contributed by atoms with Gasteiger partial charge in [-0.2, -0.15) is 0 Å². The number of aldehydes is 1. The van der Waals surface area contributed by atoms with Gasteiger partial charge in [0.25, 0.3) is 0 Å². The first-order valence-corrected chi connectivity index (χ1v) is 3.30. The van der Waals surface area contributed by atoms with Gasteiger partial charge in [-0.1, -0.05) is 0 Å². The fraction of sp³-hybridized carbons (Fsp3) is 0.250. The average molecular weight is 170 g/mol. The Bertz CT molecular complexity index is 278. The zero-order chi connectivity index (χ0) is 9.14. The number of ketones is 1. The molecule has 0 aromatic heterocycles. The van der Waals surface area contributed by atoms with Crippen LogP contribution in [0.4, 0.5) is 4.39 Å². The van der Waals surface area contributed by atoms with Gasteiger partial charge in [-0.25, -0.2) is 4.39 Å². The number of methoxy groups -OCH3 is 1. The van der Waals surface area contributed by atoms with Gasteiger partial charge in [0.1, 0.15) is 5.76 Å². The van der Waals surface area contributed by atoms with Crippen LogP contribution in [0.5, 0.6) is 0 Å². The zero-order valence-corrected chi connectivity index (χ0v) is 6.41. The second kappa shape index (κ2) is 3.30. The number of carbonyl (C=O) groups is 2. The topological polar surface area (TPSA) is 43.4 Å². The molecule has 4 heteroatoms. The maximum absolute atomic E-state index is 12.9. The predicted octanol–water partition coefficient (Wildman–Crippen LogP) is 0.563. The maximum Gasteiger partial charge on any atom is 0.219 e. The van der Waals surface area contributed by atoms with Crippen LogP contribution in [0.2, 0.25) is 0 Å². The first-order chi connectivity index (χ1) is 5.70. The third-order valence-corrected chi connectivity index (χ3v) is 1.54. The average Bonchev–Trinajstić information content (AvgIpc) is 2.09. The summed E-state index contributed by atoms with van der Waals surface area (Å²) in [6.45, 7) is 0. The molecule has 0 saturated heterocycles. The molecule has 0 heterocycles. The Labute approximate surface area is 68.5 Å². The first-order valence-electron chi connectivity index (χ1n) is 3.30. The van der Waals surface area contributed by atoms with E-state index in [0.717, 1.165) is 6.08 Å². The van der Waals surface area contributed by atoms with Crippen molar-refractivity contribution >= 4 is 12.1 Å². The van der Waals surface area contributed by atoms with Gasteiger partial charge in [0, 0.05) is 0 Å². The predicted molar refractivity (Wildman–Crippen MR) is 39.1 cm³/mol. The van der Waals surface area contributed by atoms with Gasteiger partial charge in [-0.05, 0) is 12.2 Å². The Morgan fingerprint density at radius 2 is 2.25 bits per heavy atom. The van der Waals surface area contributed by atoms with Crippen LogP contribution in [-0.4, -0.2) is 25.4 Å². The molecule has 1 aliphatic rings. The SMILES string of the molecule is COC1=C(C=O)C=CC(=O)C1F. The summed E-state index contributed by atoms with van der Waals surface area (Å²) in [6.07, 6.45) is 0.885. The summed E-state index contributed by atoms with van der Waals surface area (Å²) in [5, 5.41) is 0. The Morgan fingerprint density at radius 1 is 1.58 bits per heavy atom. The third-order valence-electron chi connectivity index (χ3n) is 1.54. The van der Waals surface area contributed by atoms with Crippen LogP contribution in [0.3, 0.4) is 0 Å². The molecule has 0 radical (unpaired) electrons. The quantitative estimate of drug-likeness (QED) is 0.569. The van der Waals surface area contributed by atoms with E-state index >= 15 is 0 Å². The van der Waals surface area contributed by atoms with E-state index in [2.05, 4.69) is 4.74 Å². The van der Waals surface area contributed by atoms with Gasteiger partial charge < -0.3 is 4.74 Å². The molecule has 1 rings (SSSR count). The Balaban J connectivity index is 3.08. The molecule has 0 bridgehead atoms. The number of hydrogen-bond acceptors (Lipinski definition) is 3. The van der Waals surface area contributed by atoms with E-state index in [4.69, 9.17) is 0 Å². The molecular weight excluding hydrogens is 163 g/mol. The van der Waals surface area contributed by atoms with Gasteiger partial charge in [0.2, 0.25) is 6.17 Å². The number of rotatable bonds is 2. The van der Waals surface area contributed by atoms with Crippen LogP contribution in [0, 0.1) is 0 Å². The van der Waals surface area contributed by atoms with Crippen molar-refractivity contribution in [3.05, 3.63) is 23.5 Å². The number of ether oxygens (including phenoxy) is 1. The van der Waals surface area contributed by atoms with Gasteiger partial charge in [0.15, 0.2) is 12.1 Å². The second-order valence-corrected chi connectivity index (χ2v) is 2.24. The number of carbonyl (C=O) groups excluding carboxylic acids is 2. The van der Waals surface area contributed by atoms with Crippen LogP contribution in [0.15, 0.2) is 23.5 Å². The molecule has 0 amide bonds. The van der Waals surface area contributed by atoms with E-state index in [1.165, 1.54) is 13.2 Å². The molecule has 12 heavy (non-hydrogen) atoms. The molecule has 0 fully saturated rings. The van der Waals surface area contributed by atoms with E-state index in [-0.39, 0.29) is 11.3 Å². The Kier molecular flexibility index (Phi) is 2.38. The molecule has 0 N–H and O–H groups in total. The lowest BCUT2D eigenvalue weighted by atomic mass is 10.0. The smallest absolute Gasteiger partial charge is 0.219 e. The van der Waals surface area contributed by atoms with Crippen molar-refractivity contribution in [2.45, 2.75) is 6.17 Å². The van der Waals surface area contributed by atoms with Gasteiger partial charge in [-0.15, -0.1) is 0 Å². The lowest BCUT2D eigenvalue weighted by Gasteiger charge is -2.13. The van der Waals surface area contributed by atoms with Crippen LogP contribution in [0.25, 0.3) is 0 Å². The van der Waals surface area contributed by atoms with Crippen LogP contribution in [-0.2, 0) is 14.3 Å². The van der Waals surface area contributed by atoms with Crippen molar-refractivity contribution in [2.75, 3.05) is 7.11 Å². The van der Waals surface area contributed by atoms with Crippen LogP contribution in [0.1, 0.15) is 0 Å². The maximum atomic E-state index is 12.9. The summed E-state index contributed by atoms with van der Waals surface area (Å²) in [5.41, 5.74) is 0.0737. The summed E-state index contributed by atoms with van der Waals surface area (Å²) >= 11 is 0. The summed E-state index contributed by atoms with van der Waals surface area (Å²) in [6, 6.07) is 0. The van der Waals surface area contributed by atoms with Crippen molar-refractivity contribution in [1.82, 2.24) is 0 Å².